The number of thiophene rings is 1. The fourth-order valence-corrected chi connectivity index (χ4v) is 5.33. The van der Waals surface area contributed by atoms with Crippen molar-refractivity contribution in [3.63, 3.8) is 0 Å². The third-order valence-corrected chi connectivity index (χ3v) is 6.86. The monoisotopic (exact) mass is 453 g/mol. The molecule has 4 rings (SSSR count). The summed E-state index contributed by atoms with van der Waals surface area (Å²) >= 11 is 2.91. The van der Waals surface area contributed by atoms with Crippen molar-refractivity contribution in [1.29, 1.82) is 0 Å². The first-order chi connectivity index (χ1) is 14.9. The molecule has 0 saturated carbocycles. The Balaban J connectivity index is 1.94. The molecule has 0 fully saturated rings. The Morgan fingerprint density at radius 3 is 2.61 bits per heavy atom. The molecule has 0 unspecified atom stereocenters. The fraction of sp³-hybridized carbons (Fsp3) is 0.261. The summed E-state index contributed by atoms with van der Waals surface area (Å²) in [6.45, 7) is 3.82. The molecule has 1 aliphatic rings. The number of hydrogen-bond acceptors (Lipinski definition) is 7. The summed E-state index contributed by atoms with van der Waals surface area (Å²) < 4.78 is 7.54. The molecule has 0 saturated heterocycles. The Bertz CT molecular complexity index is 1310. The summed E-state index contributed by atoms with van der Waals surface area (Å²) in [6.07, 6.45) is 1.88. The van der Waals surface area contributed by atoms with Gasteiger partial charge in [0.25, 0.3) is 5.56 Å². The lowest BCUT2D eigenvalue weighted by Gasteiger charge is -2.25. The topological polar surface area (TPSA) is 63.9 Å². The molecule has 3 heterocycles. The normalized spacial score (nSPS) is 16.1. The van der Waals surface area contributed by atoms with Gasteiger partial charge in [-0.25, -0.2) is 9.79 Å². The summed E-state index contributed by atoms with van der Waals surface area (Å²) in [6, 6.07) is 11.2. The minimum atomic E-state index is -0.586. The molecule has 8 heteroatoms. The number of benzene rings is 1. The van der Waals surface area contributed by atoms with E-state index < -0.39 is 12.0 Å². The Labute approximate surface area is 188 Å². The zero-order chi connectivity index (χ0) is 22.1. The second-order valence-electron chi connectivity index (χ2n) is 7.30. The lowest BCUT2D eigenvalue weighted by Crippen LogP contribution is -2.39. The molecule has 1 aliphatic heterocycles. The van der Waals surface area contributed by atoms with Crippen LogP contribution in [0.3, 0.4) is 0 Å². The van der Waals surface area contributed by atoms with Gasteiger partial charge in [-0.15, -0.1) is 11.3 Å². The summed E-state index contributed by atoms with van der Waals surface area (Å²) in [5, 5.41) is 1.97. The minimum absolute atomic E-state index is 0.159. The van der Waals surface area contributed by atoms with Crippen LogP contribution in [0.4, 0.5) is 5.69 Å². The van der Waals surface area contributed by atoms with Crippen molar-refractivity contribution >= 4 is 40.4 Å². The first-order valence-corrected chi connectivity index (χ1v) is 11.6. The molecule has 0 amide bonds. The molecule has 1 aromatic carbocycles. The summed E-state index contributed by atoms with van der Waals surface area (Å²) in [7, 11) is 3.94. The van der Waals surface area contributed by atoms with Crippen LogP contribution in [0.2, 0.25) is 0 Å². The van der Waals surface area contributed by atoms with Gasteiger partial charge in [-0.05, 0) is 49.1 Å². The number of carbonyl (C=O) groups is 1. The molecule has 31 heavy (non-hydrogen) atoms. The standard InChI is InChI=1S/C23H23N3O3S2/c1-5-29-22(28)19-14(2)24-23-26(20(19)15-8-10-16(11-9-15)25(3)4)21(27)18(31-23)13-17-7-6-12-30-17/h6-13,20H,5H2,1-4H3/b18-13+/t20-/m0/s1. The van der Waals surface area contributed by atoms with Crippen LogP contribution < -0.4 is 19.8 Å². The molecule has 0 spiro atoms. The van der Waals surface area contributed by atoms with Gasteiger partial charge in [-0.2, -0.15) is 0 Å². The number of anilines is 1. The second-order valence-corrected chi connectivity index (χ2v) is 9.29. The maximum Gasteiger partial charge on any atom is 0.338 e. The number of nitrogens with zero attached hydrogens (tertiary/aromatic N) is 3. The summed E-state index contributed by atoms with van der Waals surface area (Å²) in [4.78, 5) is 34.5. The zero-order valence-corrected chi connectivity index (χ0v) is 19.4. The van der Waals surface area contributed by atoms with Crippen LogP contribution in [0, 0.1) is 0 Å². The molecule has 0 aliphatic carbocycles. The number of ether oxygens (including phenoxy) is 1. The van der Waals surface area contributed by atoms with E-state index in [0.717, 1.165) is 16.1 Å². The smallest absolute Gasteiger partial charge is 0.338 e. The summed E-state index contributed by atoms with van der Waals surface area (Å²) in [5.41, 5.74) is 2.69. The highest BCUT2D eigenvalue weighted by Crippen LogP contribution is 2.31. The molecular formula is C23H23N3O3S2. The molecule has 3 aromatic rings. The number of fused-ring (bicyclic) bond motifs is 1. The van der Waals surface area contributed by atoms with Gasteiger partial charge in [-0.3, -0.25) is 9.36 Å². The lowest BCUT2D eigenvalue weighted by atomic mass is 9.95. The van der Waals surface area contributed by atoms with Gasteiger partial charge in [0.2, 0.25) is 0 Å². The maximum absolute atomic E-state index is 13.4. The molecule has 0 bridgehead atoms. The average molecular weight is 454 g/mol. The van der Waals surface area contributed by atoms with Crippen molar-refractivity contribution in [2.24, 2.45) is 4.99 Å². The molecule has 1 atom stereocenters. The third kappa shape index (κ3) is 4.00. The highest BCUT2D eigenvalue weighted by molar-refractivity contribution is 7.11. The van der Waals surface area contributed by atoms with E-state index in [4.69, 9.17) is 4.74 Å². The number of allylic oxidation sites excluding steroid dienone is 1. The first kappa shape index (κ1) is 21.3. The van der Waals surface area contributed by atoms with Crippen molar-refractivity contribution in [1.82, 2.24) is 4.57 Å². The van der Waals surface area contributed by atoms with Crippen LogP contribution in [0.5, 0.6) is 0 Å². The largest absolute Gasteiger partial charge is 0.463 e. The van der Waals surface area contributed by atoms with Crippen LogP contribution >= 0.6 is 22.7 Å². The van der Waals surface area contributed by atoms with Crippen molar-refractivity contribution < 1.29 is 9.53 Å². The van der Waals surface area contributed by atoms with Crippen molar-refractivity contribution in [2.75, 3.05) is 25.6 Å². The predicted molar refractivity (Wildman–Crippen MR) is 125 cm³/mol. The molecule has 0 N–H and O–H groups in total. The highest BCUT2D eigenvalue weighted by Gasteiger charge is 2.33. The van der Waals surface area contributed by atoms with Gasteiger partial charge >= 0.3 is 5.97 Å². The van der Waals surface area contributed by atoms with Crippen molar-refractivity contribution in [3.05, 3.63) is 83.2 Å². The molecular weight excluding hydrogens is 430 g/mol. The SMILES string of the molecule is CCOC(=O)C1=C(C)N=c2s/c(=C/c3cccs3)c(=O)n2[C@H]1c1ccc(N(C)C)cc1. The zero-order valence-electron chi connectivity index (χ0n) is 17.8. The van der Waals surface area contributed by atoms with Gasteiger partial charge in [-0.1, -0.05) is 29.5 Å². The van der Waals surface area contributed by atoms with Crippen LogP contribution in [0.25, 0.3) is 6.08 Å². The fourth-order valence-electron chi connectivity index (χ4n) is 3.56. The maximum atomic E-state index is 13.4. The average Bonchev–Trinajstić information content (AvgIpc) is 3.35. The van der Waals surface area contributed by atoms with Gasteiger partial charge < -0.3 is 9.64 Å². The van der Waals surface area contributed by atoms with E-state index in [2.05, 4.69) is 4.99 Å². The van der Waals surface area contributed by atoms with Crippen LogP contribution in [0.1, 0.15) is 30.3 Å². The van der Waals surface area contributed by atoms with E-state index in [1.807, 2.05) is 66.8 Å². The van der Waals surface area contributed by atoms with Gasteiger partial charge in [0.05, 0.1) is 28.5 Å². The Morgan fingerprint density at radius 2 is 2.00 bits per heavy atom. The third-order valence-electron chi connectivity index (χ3n) is 5.06. The number of rotatable bonds is 5. The second kappa shape index (κ2) is 8.64. The quantitative estimate of drug-likeness (QED) is 0.558. The summed E-state index contributed by atoms with van der Waals surface area (Å²) in [5.74, 6) is -0.446. The van der Waals surface area contributed by atoms with Crippen molar-refractivity contribution in [2.45, 2.75) is 19.9 Å². The number of hydrogen-bond donors (Lipinski definition) is 0. The van der Waals surface area contributed by atoms with E-state index in [-0.39, 0.29) is 12.2 Å². The molecule has 0 radical (unpaired) electrons. The van der Waals surface area contributed by atoms with E-state index in [9.17, 15) is 9.59 Å². The van der Waals surface area contributed by atoms with Gasteiger partial charge in [0, 0.05) is 24.7 Å². The lowest BCUT2D eigenvalue weighted by molar-refractivity contribution is -0.139. The van der Waals surface area contributed by atoms with E-state index in [1.165, 1.54) is 11.3 Å². The molecule has 160 valence electrons. The Morgan fingerprint density at radius 1 is 1.26 bits per heavy atom. The van der Waals surface area contributed by atoms with Crippen LogP contribution in [-0.4, -0.2) is 31.2 Å². The Kier molecular flexibility index (Phi) is 5.93. The molecule has 6 nitrogen and oxygen atoms in total. The van der Waals surface area contributed by atoms with E-state index in [1.54, 1.807) is 29.8 Å². The Hall–Kier alpha value is -2.97. The van der Waals surface area contributed by atoms with Crippen LogP contribution in [-0.2, 0) is 9.53 Å². The predicted octanol–water partition coefficient (Wildman–Crippen LogP) is 2.93. The first-order valence-electron chi connectivity index (χ1n) is 9.91. The highest BCUT2D eigenvalue weighted by atomic mass is 32.1. The van der Waals surface area contributed by atoms with Crippen LogP contribution in [0.15, 0.2) is 62.8 Å². The number of carbonyl (C=O) groups excluding carboxylic acids is 1. The molecule has 2 aromatic heterocycles. The van der Waals surface area contributed by atoms with Gasteiger partial charge in [0.15, 0.2) is 4.80 Å². The van der Waals surface area contributed by atoms with Gasteiger partial charge in [0.1, 0.15) is 0 Å². The van der Waals surface area contributed by atoms with E-state index >= 15 is 0 Å². The minimum Gasteiger partial charge on any atom is -0.463 e. The number of esters is 1. The number of aromatic nitrogens is 1. The van der Waals surface area contributed by atoms with E-state index in [0.29, 0.717) is 20.6 Å². The number of thiazole rings is 1. The van der Waals surface area contributed by atoms with Crippen molar-refractivity contribution in [3.8, 4) is 0 Å².